The van der Waals surface area contributed by atoms with Gasteiger partial charge in [-0.3, -0.25) is 4.79 Å². The van der Waals surface area contributed by atoms with Gasteiger partial charge in [-0.2, -0.15) is 0 Å². The lowest BCUT2D eigenvalue weighted by Gasteiger charge is -2.62. The third-order valence-electron chi connectivity index (χ3n) is 11.1. The summed E-state index contributed by atoms with van der Waals surface area (Å²) in [5, 5.41) is 15.2. The van der Waals surface area contributed by atoms with Crippen LogP contribution in [0.1, 0.15) is 85.0 Å². The monoisotopic (exact) mass is 448 g/mol. The fraction of sp³-hybridized carbons (Fsp3) is 0.963. The summed E-state index contributed by atoms with van der Waals surface area (Å²) in [6.45, 7) is 9.03. The van der Waals surface area contributed by atoms with Gasteiger partial charge in [-0.15, -0.1) is 0 Å². The number of fused-ring (bicyclic) bond motifs is 5. The highest BCUT2D eigenvalue weighted by atomic mass is 16.5. The lowest BCUT2D eigenvalue weighted by molar-refractivity contribution is -0.167. The first-order valence-corrected chi connectivity index (χ1v) is 13.4. The molecule has 0 amide bonds. The number of nitrogens with one attached hydrogen (secondary N) is 1. The zero-order chi connectivity index (χ0) is 23.1. The maximum atomic E-state index is 11.7. The van der Waals surface area contributed by atoms with Crippen LogP contribution in [0.4, 0.5) is 0 Å². The van der Waals surface area contributed by atoms with E-state index in [0.29, 0.717) is 65.3 Å². The van der Waals surface area contributed by atoms with E-state index in [1.54, 1.807) is 0 Å². The topological polar surface area (TPSA) is 84.6 Å². The van der Waals surface area contributed by atoms with E-state index in [0.717, 1.165) is 19.4 Å². The first kappa shape index (κ1) is 24.5. The molecule has 0 saturated heterocycles. The second-order valence-electron chi connectivity index (χ2n) is 12.3. The molecule has 10 atom stereocenters. The summed E-state index contributed by atoms with van der Waals surface area (Å²) in [4.78, 5) is 11.7. The smallest absolute Gasteiger partial charge is 0.305 e. The Morgan fingerprint density at radius 1 is 1.12 bits per heavy atom. The molecular formula is C27H48N2O3. The van der Waals surface area contributed by atoms with E-state index in [-0.39, 0.29) is 12.1 Å². The third-order valence-corrected chi connectivity index (χ3v) is 11.1. The maximum Gasteiger partial charge on any atom is 0.305 e. The predicted octanol–water partition coefficient (Wildman–Crippen LogP) is 4.12. The van der Waals surface area contributed by atoms with E-state index < -0.39 is 0 Å². The number of methoxy groups -OCH3 is 1. The molecule has 0 aromatic carbocycles. The number of nitrogens with two attached hydrogens (primary N) is 1. The largest absolute Gasteiger partial charge is 0.469 e. The van der Waals surface area contributed by atoms with Gasteiger partial charge in [0.25, 0.3) is 0 Å². The van der Waals surface area contributed by atoms with E-state index in [2.05, 4.69) is 26.1 Å². The molecule has 4 fully saturated rings. The van der Waals surface area contributed by atoms with Gasteiger partial charge in [-0.05, 0) is 104 Å². The number of esters is 1. The zero-order valence-electron chi connectivity index (χ0n) is 20.9. The Labute approximate surface area is 195 Å². The van der Waals surface area contributed by atoms with Gasteiger partial charge in [0, 0.05) is 25.6 Å². The Bertz CT molecular complexity index is 671. The van der Waals surface area contributed by atoms with Gasteiger partial charge in [-0.1, -0.05) is 20.8 Å². The normalized spacial score (nSPS) is 46.6. The van der Waals surface area contributed by atoms with Crippen LogP contribution in [0.15, 0.2) is 0 Å². The van der Waals surface area contributed by atoms with Crippen LogP contribution >= 0.6 is 0 Å². The molecule has 0 radical (unpaired) electrons. The summed E-state index contributed by atoms with van der Waals surface area (Å²) in [6, 6.07) is 0.570. The molecule has 0 bridgehead atoms. The van der Waals surface area contributed by atoms with Crippen LogP contribution < -0.4 is 11.1 Å². The van der Waals surface area contributed by atoms with Crippen molar-refractivity contribution in [3.05, 3.63) is 0 Å². The molecule has 5 nitrogen and oxygen atoms in total. The summed E-state index contributed by atoms with van der Waals surface area (Å²) < 4.78 is 4.89. The number of rotatable bonds is 7. The Kier molecular flexibility index (Phi) is 7.30. The molecule has 0 aromatic heterocycles. The summed E-state index contributed by atoms with van der Waals surface area (Å²) in [6.07, 6.45) is 11.1. The fourth-order valence-corrected chi connectivity index (χ4v) is 9.32. The van der Waals surface area contributed by atoms with Gasteiger partial charge >= 0.3 is 5.97 Å². The van der Waals surface area contributed by atoms with E-state index in [4.69, 9.17) is 10.5 Å². The lowest BCUT2D eigenvalue weighted by atomic mass is 9.43. The summed E-state index contributed by atoms with van der Waals surface area (Å²) >= 11 is 0. The molecule has 4 unspecified atom stereocenters. The molecule has 4 N–H and O–H groups in total. The second kappa shape index (κ2) is 9.54. The van der Waals surface area contributed by atoms with E-state index in [1.807, 2.05) is 0 Å². The predicted molar refractivity (Wildman–Crippen MR) is 128 cm³/mol. The van der Waals surface area contributed by atoms with Crippen LogP contribution in [0, 0.1) is 46.3 Å². The molecule has 0 aliphatic heterocycles. The molecule has 0 spiro atoms. The standard InChI is InChI=1S/C27H48N2O3/c1-17(5-8-24(31)32-4)20-6-7-21-25-22(10-12-27(20,21)3)26(2)11-9-19(29-14-13-28)15-18(26)16-23(25)30/h17-23,25,29-30H,5-16,28H2,1-4H3/t17-,18-,19+,20-,21?,22?,23?,25?,26+,27-/m1/s1. The Balaban J connectivity index is 1.48. The molecule has 4 rings (SSSR count). The average Bonchev–Trinajstić information content (AvgIpc) is 3.13. The number of aliphatic hydroxyl groups excluding tert-OH is 1. The second-order valence-corrected chi connectivity index (χ2v) is 12.3. The molecule has 0 aromatic rings. The minimum atomic E-state index is -0.153. The highest BCUT2D eigenvalue weighted by Crippen LogP contribution is 2.68. The molecule has 4 aliphatic carbocycles. The van der Waals surface area contributed by atoms with Crippen LogP contribution in [-0.2, 0) is 9.53 Å². The van der Waals surface area contributed by atoms with Crippen molar-refractivity contribution in [1.82, 2.24) is 5.32 Å². The van der Waals surface area contributed by atoms with Crippen molar-refractivity contribution in [3.8, 4) is 0 Å². The minimum absolute atomic E-state index is 0.0847. The van der Waals surface area contributed by atoms with Gasteiger partial charge in [0.1, 0.15) is 0 Å². The van der Waals surface area contributed by atoms with Gasteiger partial charge in [0.2, 0.25) is 0 Å². The molecule has 5 heteroatoms. The van der Waals surface area contributed by atoms with Crippen molar-refractivity contribution < 1.29 is 14.6 Å². The quantitative estimate of drug-likeness (QED) is 0.510. The van der Waals surface area contributed by atoms with Crippen LogP contribution in [0.25, 0.3) is 0 Å². The molecule has 4 saturated carbocycles. The van der Waals surface area contributed by atoms with Crippen molar-refractivity contribution in [1.29, 1.82) is 0 Å². The maximum absolute atomic E-state index is 11.7. The molecule has 4 aliphatic rings. The number of carbonyl (C=O) groups excluding carboxylic acids is 1. The Morgan fingerprint density at radius 2 is 1.84 bits per heavy atom. The first-order valence-electron chi connectivity index (χ1n) is 13.4. The highest BCUT2D eigenvalue weighted by Gasteiger charge is 2.62. The van der Waals surface area contributed by atoms with Gasteiger partial charge in [0.15, 0.2) is 0 Å². The first-order chi connectivity index (χ1) is 15.2. The number of aliphatic hydroxyl groups is 1. The van der Waals surface area contributed by atoms with Crippen LogP contribution in [-0.4, -0.2) is 43.4 Å². The Morgan fingerprint density at radius 3 is 2.56 bits per heavy atom. The van der Waals surface area contributed by atoms with Crippen LogP contribution in [0.5, 0.6) is 0 Å². The van der Waals surface area contributed by atoms with Crippen molar-refractivity contribution in [2.45, 2.75) is 97.1 Å². The number of hydrogen-bond donors (Lipinski definition) is 3. The van der Waals surface area contributed by atoms with Crippen molar-refractivity contribution in [2.75, 3.05) is 20.2 Å². The van der Waals surface area contributed by atoms with Crippen molar-refractivity contribution in [3.63, 3.8) is 0 Å². The van der Waals surface area contributed by atoms with E-state index in [9.17, 15) is 9.90 Å². The molecule has 32 heavy (non-hydrogen) atoms. The number of carbonyl (C=O) groups is 1. The Hall–Kier alpha value is -0.650. The molecular weight excluding hydrogens is 400 g/mol. The third kappa shape index (κ3) is 4.15. The molecule has 184 valence electrons. The van der Waals surface area contributed by atoms with Gasteiger partial charge in [-0.25, -0.2) is 0 Å². The van der Waals surface area contributed by atoms with Crippen LogP contribution in [0.3, 0.4) is 0 Å². The average molecular weight is 449 g/mol. The van der Waals surface area contributed by atoms with Crippen LogP contribution in [0.2, 0.25) is 0 Å². The molecule has 0 heterocycles. The van der Waals surface area contributed by atoms with Gasteiger partial charge < -0.3 is 20.9 Å². The highest BCUT2D eigenvalue weighted by molar-refractivity contribution is 5.69. The number of hydrogen-bond acceptors (Lipinski definition) is 5. The summed E-state index contributed by atoms with van der Waals surface area (Å²) in [5.74, 6) is 3.49. The zero-order valence-corrected chi connectivity index (χ0v) is 20.9. The minimum Gasteiger partial charge on any atom is -0.469 e. The van der Waals surface area contributed by atoms with Crippen molar-refractivity contribution in [2.24, 2.45) is 52.1 Å². The SMILES string of the molecule is COC(=O)CC[C@@H](C)[C@H]1CCC2C3C(O)C[C@H]4C[C@@H](NCCN)CC[C@]4(C)C3CC[C@@]21C. The fourth-order valence-electron chi connectivity index (χ4n) is 9.32. The lowest BCUT2D eigenvalue weighted by Crippen LogP contribution is -2.59. The van der Waals surface area contributed by atoms with Gasteiger partial charge in [0.05, 0.1) is 13.2 Å². The summed E-state index contributed by atoms with van der Waals surface area (Å²) in [5.41, 5.74) is 6.40. The van der Waals surface area contributed by atoms with E-state index >= 15 is 0 Å². The summed E-state index contributed by atoms with van der Waals surface area (Å²) in [7, 11) is 1.49. The van der Waals surface area contributed by atoms with Crippen molar-refractivity contribution >= 4 is 5.97 Å². The van der Waals surface area contributed by atoms with E-state index in [1.165, 1.54) is 52.1 Å². The number of ether oxygens (including phenoxy) is 1.